The van der Waals surface area contributed by atoms with Gasteiger partial charge in [0.2, 0.25) is 0 Å². The number of aromatic carboxylic acids is 1. The van der Waals surface area contributed by atoms with Crippen molar-refractivity contribution in [3.63, 3.8) is 0 Å². The van der Waals surface area contributed by atoms with Crippen LogP contribution in [0.2, 0.25) is 0 Å². The topological polar surface area (TPSA) is 54.4 Å². The van der Waals surface area contributed by atoms with Crippen LogP contribution in [0, 0.1) is 0 Å². The van der Waals surface area contributed by atoms with Crippen LogP contribution in [-0.2, 0) is 22.9 Å². The van der Waals surface area contributed by atoms with Crippen molar-refractivity contribution in [2.45, 2.75) is 49.6 Å². The zero-order valence-electron chi connectivity index (χ0n) is 13.6. The van der Waals surface area contributed by atoms with Crippen LogP contribution >= 0.6 is 0 Å². The molecule has 0 spiro atoms. The van der Waals surface area contributed by atoms with Gasteiger partial charge in [-0.1, -0.05) is 19.9 Å². The van der Waals surface area contributed by atoms with Crippen LogP contribution in [0.3, 0.4) is 0 Å². The number of benzene rings is 1. The highest BCUT2D eigenvalue weighted by molar-refractivity contribution is 7.85. The summed E-state index contributed by atoms with van der Waals surface area (Å²) in [5, 5.41) is 9.11. The maximum atomic E-state index is 14.5. The fraction of sp³-hybridized carbons (Fsp3) is 0.533. The highest BCUT2D eigenvalue weighted by Gasteiger charge is 2.74. The van der Waals surface area contributed by atoms with E-state index in [2.05, 4.69) is 0 Å². The van der Waals surface area contributed by atoms with E-state index in [0.29, 0.717) is 6.07 Å². The van der Waals surface area contributed by atoms with Gasteiger partial charge in [0.05, 0.1) is 16.4 Å². The molecule has 0 saturated carbocycles. The van der Waals surface area contributed by atoms with E-state index in [-0.39, 0.29) is 24.7 Å². The van der Waals surface area contributed by atoms with E-state index in [0.717, 1.165) is 0 Å². The van der Waals surface area contributed by atoms with Crippen molar-refractivity contribution in [2.24, 2.45) is 0 Å². The fourth-order valence-electron chi connectivity index (χ4n) is 2.46. The minimum Gasteiger partial charge on any atom is -0.478 e. The van der Waals surface area contributed by atoms with E-state index in [1.165, 1.54) is 13.8 Å². The molecule has 1 rings (SSSR count). The Hall–Kier alpha value is -1.65. The second-order valence-electron chi connectivity index (χ2n) is 5.33. The summed E-state index contributed by atoms with van der Waals surface area (Å²) in [5.41, 5.74) is -8.80. The summed E-state index contributed by atoms with van der Waals surface area (Å²) >= 11 is 0. The molecule has 1 aromatic carbocycles. The Morgan fingerprint density at radius 2 is 1.54 bits per heavy atom. The molecule has 0 heterocycles. The van der Waals surface area contributed by atoms with Gasteiger partial charge < -0.3 is 5.11 Å². The zero-order chi connectivity index (χ0) is 20.5. The predicted molar refractivity (Wildman–Crippen MR) is 79.2 cm³/mol. The largest absolute Gasteiger partial charge is 0.478 e. The summed E-state index contributed by atoms with van der Waals surface area (Å²) in [7, 11) is -2.45. The van der Waals surface area contributed by atoms with Crippen LogP contribution in [0.5, 0.6) is 0 Å². The van der Waals surface area contributed by atoms with E-state index in [1.54, 1.807) is 0 Å². The number of halogens is 7. The van der Waals surface area contributed by atoms with Gasteiger partial charge in [0.25, 0.3) is 0 Å². The van der Waals surface area contributed by atoms with Crippen LogP contribution in [0.15, 0.2) is 17.0 Å². The van der Waals surface area contributed by atoms with Gasteiger partial charge in [0, 0.05) is 16.2 Å². The molecule has 3 nitrogen and oxygen atoms in total. The molecule has 0 unspecified atom stereocenters. The van der Waals surface area contributed by atoms with Gasteiger partial charge in [0.1, 0.15) is 0 Å². The third-order valence-corrected chi connectivity index (χ3v) is 5.31. The third-order valence-electron chi connectivity index (χ3n) is 3.61. The Bertz CT molecular complexity index is 696. The molecule has 1 N–H and O–H groups in total. The summed E-state index contributed by atoms with van der Waals surface area (Å²) in [6.45, 7) is 2.74. The number of hydrogen-bond donors (Lipinski definition) is 1. The second kappa shape index (κ2) is 7.53. The number of hydrogen-bond acceptors (Lipinski definition) is 2. The maximum absolute atomic E-state index is 14.5. The van der Waals surface area contributed by atoms with Crippen LogP contribution in [0.1, 0.15) is 41.8 Å². The minimum atomic E-state index is -6.38. The van der Waals surface area contributed by atoms with Gasteiger partial charge in [-0.15, -0.1) is 0 Å². The monoisotopic (exact) mass is 408 g/mol. The lowest BCUT2D eigenvalue weighted by atomic mass is 9.90. The van der Waals surface area contributed by atoms with E-state index in [4.69, 9.17) is 5.11 Å². The van der Waals surface area contributed by atoms with E-state index < -0.39 is 56.4 Å². The molecule has 0 fully saturated rings. The van der Waals surface area contributed by atoms with Crippen LogP contribution in [0.25, 0.3) is 0 Å². The first-order valence-electron chi connectivity index (χ1n) is 7.34. The lowest BCUT2D eigenvalue weighted by Crippen LogP contribution is -2.51. The van der Waals surface area contributed by atoms with Gasteiger partial charge in [0.15, 0.2) is 0 Å². The molecule has 0 aliphatic heterocycles. The number of carbonyl (C=O) groups is 1. The van der Waals surface area contributed by atoms with Crippen molar-refractivity contribution < 1.29 is 44.8 Å². The van der Waals surface area contributed by atoms with Crippen molar-refractivity contribution in [1.29, 1.82) is 0 Å². The molecule has 0 amide bonds. The normalized spacial score (nSPS) is 14.3. The lowest BCUT2D eigenvalue weighted by Gasteiger charge is -2.32. The summed E-state index contributed by atoms with van der Waals surface area (Å²) in [6.07, 6.45) is -13.0. The molecule has 1 atom stereocenters. The molecular formula is C15H15F7O3S. The molecule has 26 heavy (non-hydrogen) atoms. The summed E-state index contributed by atoms with van der Waals surface area (Å²) in [4.78, 5) is 10.2. The van der Waals surface area contributed by atoms with Crippen molar-refractivity contribution in [1.82, 2.24) is 0 Å². The van der Waals surface area contributed by atoms with Crippen LogP contribution in [0.4, 0.5) is 30.7 Å². The predicted octanol–water partition coefficient (Wildman–Crippen LogP) is 4.75. The molecule has 11 heteroatoms. The maximum Gasteiger partial charge on any atom is 0.435 e. The standard InChI is InChI=1S/C15H15F7O3S/c1-3-7-26(25)11-8(4-2)9(12(23)24)5-6-10(11)13(16,14(17,18)19)15(20,21)22/h5-6H,3-4,7H2,1-2H3,(H,23,24)/t26-/m1/s1. The van der Waals surface area contributed by atoms with E-state index >= 15 is 0 Å². The van der Waals surface area contributed by atoms with Crippen LogP contribution < -0.4 is 0 Å². The molecule has 1 aromatic rings. The van der Waals surface area contributed by atoms with E-state index in [1.807, 2.05) is 0 Å². The minimum absolute atomic E-state index is 0.104. The molecule has 0 bridgehead atoms. The number of alkyl halides is 7. The van der Waals surface area contributed by atoms with Crippen molar-refractivity contribution in [3.05, 3.63) is 28.8 Å². The Balaban J connectivity index is 4.02. The highest BCUT2D eigenvalue weighted by Crippen LogP contribution is 2.55. The molecule has 0 saturated heterocycles. The smallest absolute Gasteiger partial charge is 0.435 e. The fourth-order valence-corrected chi connectivity index (χ4v) is 4.02. The van der Waals surface area contributed by atoms with Gasteiger partial charge in [-0.2, -0.15) is 26.3 Å². The average molecular weight is 408 g/mol. The number of carboxylic acid groups (broad SMARTS) is 1. The molecule has 0 radical (unpaired) electrons. The van der Waals surface area contributed by atoms with Gasteiger partial charge in [-0.3, -0.25) is 4.21 Å². The van der Waals surface area contributed by atoms with Gasteiger partial charge in [-0.25, -0.2) is 9.18 Å². The van der Waals surface area contributed by atoms with Crippen LogP contribution in [-0.4, -0.2) is 33.4 Å². The number of carboxylic acids is 1. The Morgan fingerprint density at radius 1 is 1.04 bits per heavy atom. The van der Waals surface area contributed by atoms with Crippen molar-refractivity contribution >= 4 is 16.8 Å². The summed E-state index contributed by atoms with van der Waals surface area (Å²) in [5.74, 6) is -1.99. The van der Waals surface area contributed by atoms with E-state index in [9.17, 15) is 39.7 Å². The lowest BCUT2D eigenvalue weighted by molar-refractivity contribution is -0.349. The zero-order valence-corrected chi connectivity index (χ0v) is 14.4. The van der Waals surface area contributed by atoms with Crippen molar-refractivity contribution in [2.75, 3.05) is 5.75 Å². The first-order valence-corrected chi connectivity index (χ1v) is 8.66. The highest BCUT2D eigenvalue weighted by atomic mass is 32.2. The van der Waals surface area contributed by atoms with Crippen molar-refractivity contribution in [3.8, 4) is 0 Å². The quantitative estimate of drug-likeness (QED) is 0.691. The molecule has 0 aliphatic carbocycles. The molecule has 0 aliphatic rings. The van der Waals surface area contributed by atoms with Gasteiger partial charge >= 0.3 is 24.0 Å². The Labute approximate surface area is 146 Å². The SMILES string of the molecule is CCC[S@@](=O)c1c(C(F)(C(F)(F)F)C(F)(F)F)ccc(C(=O)O)c1CC. The third kappa shape index (κ3) is 3.72. The summed E-state index contributed by atoms with van der Waals surface area (Å²) in [6, 6.07) is 0.571. The number of rotatable bonds is 6. The first kappa shape index (κ1) is 22.4. The second-order valence-corrected chi connectivity index (χ2v) is 6.84. The Morgan fingerprint density at radius 3 is 1.88 bits per heavy atom. The van der Waals surface area contributed by atoms with Gasteiger partial charge in [-0.05, 0) is 24.5 Å². The molecular weight excluding hydrogens is 393 g/mol. The first-order chi connectivity index (χ1) is 11.7. The average Bonchev–Trinajstić information content (AvgIpc) is 2.50. The molecule has 0 aromatic heterocycles. The Kier molecular flexibility index (Phi) is 6.49. The summed E-state index contributed by atoms with van der Waals surface area (Å²) < 4.78 is 105. The molecule has 148 valence electrons.